The molecule has 0 saturated heterocycles. The summed E-state index contributed by atoms with van der Waals surface area (Å²) in [5, 5.41) is 0. The molecule has 1 rings (SSSR count). The Balaban J connectivity index is 2.29. The molecule has 0 aromatic rings. The lowest BCUT2D eigenvalue weighted by Crippen LogP contribution is -2.34. The van der Waals surface area contributed by atoms with Crippen molar-refractivity contribution in [2.75, 3.05) is 6.61 Å². The molecule has 4 nitrogen and oxygen atoms in total. The minimum atomic E-state index is -0.164. The minimum absolute atomic E-state index is 0.164. The summed E-state index contributed by atoms with van der Waals surface area (Å²) in [5.74, 6) is 5.54. The van der Waals surface area contributed by atoms with Crippen LogP contribution in [-0.4, -0.2) is 18.6 Å². The normalized spacial score (nSPS) is 28.8. The zero-order valence-corrected chi connectivity index (χ0v) is 10.6. The third-order valence-corrected chi connectivity index (χ3v) is 3.19. The molecule has 1 amide bonds. The zero-order chi connectivity index (χ0) is 12.2. The Morgan fingerprint density at radius 2 is 2.19 bits per heavy atom. The van der Waals surface area contributed by atoms with Crippen LogP contribution in [-0.2, 0) is 9.53 Å². The van der Waals surface area contributed by atoms with Gasteiger partial charge in [-0.3, -0.25) is 10.2 Å². The predicted molar refractivity (Wildman–Crippen MR) is 63.5 cm³/mol. The van der Waals surface area contributed by atoms with Gasteiger partial charge in [0.1, 0.15) is 0 Å². The van der Waals surface area contributed by atoms with Gasteiger partial charge in [-0.15, -0.1) is 0 Å². The molecule has 0 aromatic heterocycles. The molecule has 2 unspecified atom stereocenters. The average Bonchev–Trinajstić information content (AvgIpc) is 2.14. The van der Waals surface area contributed by atoms with Crippen molar-refractivity contribution in [2.24, 2.45) is 17.2 Å². The van der Waals surface area contributed by atoms with E-state index in [4.69, 9.17) is 10.6 Å². The number of rotatable bonds is 4. The predicted octanol–water partition coefficient (Wildman–Crippen LogP) is 1.60. The van der Waals surface area contributed by atoms with Crippen molar-refractivity contribution in [3.8, 4) is 0 Å². The van der Waals surface area contributed by atoms with Crippen molar-refractivity contribution in [3.63, 3.8) is 0 Å². The summed E-state index contributed by atoms with van der Waals surface area (Å²) in [5.41, 5.74) is 2.47. The molecule has 3 N–H and O–H groups in total. The van der Waals surface area contributed by atoms with E-state index in [2.05, 4.69) is 26.2 Å². The van der Waals surface area contributed by atoms with Crippen LogP contribution in [0.5, 0.6) is 0 Å². The highest BCUT2D eigenvalue weighted by molar-refractivity contribution is 5.75. The van der Waals surface area contributed by atoms with Crippen LogP contribution >= 0.6 is 0 Å². The second kappa shape index (κ2) is 5.64. The number of nitrogens with two attached hydrogens (primary N) is 1. The van der Waals surface area contributed by atoms with E-state index in [1.807, 2.05) is 0 Å². The average molecular weight is 228 g/mol. The second-order valence-corrected chi connectivity index (χ2v) is 5.72. The van der Waals surface area contributed by atoms with Crippen LogP contribution in [0.25, 0.3) is 0 Å². The molecule has 0 radical (unpaired) electrons. The summed E-state index contributed by atoms with van der Waals surface area (Å²) in [6.45, 7) is 7.30. The maximum absolute atomic E-state index is 10.9. The van der Waals surface area contributed by atoms with Gasteiger partial charge < -0.3 is 4.74 Å². The number of carbonyl (C=O) groups is 1. The van der Waals surface area contributed by atoms with Crippen molar-refractivity contribution in [3.05, 3.63) is 0 Å². The first kappa shape index (κ1) is 13.5. The molecule has 1 fully saturated rings. The molecule has 4 heteroatoms. The number of ether oxygens (including phenoxy) is 1. The maximum Gasteiger partial charge on any atom is 0.236 e. The zero-order valence-electron chi connectivity index (χ0n) is 10.6. The molecule has 0 spiro atoms. The fraction of sp³-hybridized carbons (Fsp3) is 0.917. The number of hydrogen-bond donors (Lipinski definition) is 2. The number of hydrazine groups is 1. The Morgan fingerprint density at radius 3 is 2.75 bits per heavy atom. The van der Waals surface area contributed by atoms with E-state index in [9.17, 15) is 4.79 Å². The van der Waals surface area contributed by atoms with Crippen molar-refractivity contribution in [1.29, 1.82) is 0 Å². The summed E-state index contributed by atoms with van der Waals surface area (Å²) in [6, 6.07) is 0. The van der Waals surface area contributed by atoms with Gasteiger partial charge in [-0.25, -0.2) is 5.84 Å². The highest BCUT2D eigenvalue weighted by atomic mass is 16.5. The van der Waals surface area contributed by atoms with E-state index in [0.29, 0.717) is 30.5 Å². The lowest BCUT2D eigenvalue weighted by atomic mass is 9.71. The van der Waals surface area contributed by atoms with Gasteiger partial charge in [0, 0.05) is 0 Å². The van der Waals surface area contributed by atoms with Gasteiger partial charge in [0.2, 0.25) is 5.91 Å². The van der Waals surface area contributed by atoms with Crippen LogP contribution in [0, 0.1) is 11.3 Å². The molecule has 0 bridgehead atoms. The monoisotopic (exact) mass is 228 g/mol. The standard InChI is InChI=1S/C12H24N2O2/c1-9-6-10(8-12(2,3)7-9)16-5-4-11(15)14-13/h9-10H,4-8,13H2,1-3H3,(H,14,15). The first-order chi connectivity index (χ1) is 7.43. The first-order valence-corrected chi connectivity index (χ1v) is 6.04. The highest BCUT2D eigenvalue weighted by Crippen LogP contribution is 2.39. The van der Waals surface area contributed by atoms with Crippen LogP contribution in [0.3, 0.4) is 0 Å². The molecule has 16 heavy (non-hydrogen) atoms. The first-order valence-electron chi connectivity index (χ1n) is 6.04. The number of carbonyl (C=O) groups excluding carboxylic acids is 1. The fourth-order valence-corrected chi connectivity index (χ4v) is 2.78. The summed E-state index contributed by atoms with van der Waals surface area (Å²) >= 11 is 0. The van der Waals surface area contributed by atoms with Gasteiger partial charge in [-0.2, -0.15) is 0 Å². The van der Waals surface area contributed by atoms with Crippen LogP contribution in [0.15, 0.2) is 0 Å². The lowest BCUT2D eigenvalue weighted by Gasteiger charge is -2.38. The van der Waals surface area contributed by atoms with Gasteiger partial charge in [0.25, 0.3) is 0 Å². The van der Waals surface area contributed by atoms with Crippen LogP contribution in [0.4, 0.5) is 0 Å². The Kier molecular flexibility index (Phi) is 4.74. The number of hydrogen-bond acceptors (Lipinski definition) is 3. The molecule has 1 aliphatic rings. The molecule has 0 aromatic carbocycles. The van der Waals surface area contributed by atoms with Crippen LogP contribution < -0.4 is 11.3 Å². The third kappa shape index (κ3) is 4.49. The Hall–Kier alpha value is -0.610. The van der Waals surface area contributed by atoms with E-state index < -0.39 is 0 Å². The van der Waals surface area contributed by atoms with Gasteiger partial charge in [0.15, 0.2) is 0 Å². The number of nitrogens with one attached hydrogen (secondary N) is 1. The van der Waals surface area contributed by atoms with Crippen molar-refractivity contribution in [2.45, 2.75) is 52.6 Å². The van der Waals surface area contributed by atoms with Crippen molar-refractivity contribution >= 4 is 5.91 Å². The smallest absolute Gasteiger partial charge is 0.236 e. The van der Waals surface area contributed by atoms with E-state index in [1.54, 1.807) is 0 Å². The second-order valence-electron chi connectivity index (χ2n) is 5.72. The summed E-state index contributed by atoms with van der Waals surface area (Å²) < 4.78 is 5.75. The Labute approximate surface area is 97.9 Å². The van der Waals surface area contributed by atoms with Gasteiger partial charge in [-0.05, 0) is 30.6 Å². The molecule has 1 saturated carbocycles. The van der Waals surface area contributed by atoms with E-state index in [0.717, 1.165) is 12.8 Å². The minimum Gasteiger partial charge on any atom is -0.378 e. The quantitative estimate of drug-likeness (QED) is 0.436. The molecule has 1 aliphatic carbocycles. The van der Waals surface area contributed by atoms with Crippen molar-refractivity contribution in [1.82, 2.24) is 5.43 Å². The largest absolute Gasteiger partial charge is 0.378 e. The highest BCUT2D eigenvalue weighted by Gasteiger charge is 2.32. The Bertz CT molecular complexity index is 241. The van der Waals surface area contributed by atoms with Gasteiger partial charge >= 0.3 is 0 Å². The molecular formula is C12H24N2O2. The van der Waals surface area contributed by atoms with Gasteiger partial charge in [-0.1, -0.05) is 20.8 Å². The number of amides is 1. The van der Waals surface area contributed by atoms with E-state index in [1.165, 1.54) is 6.42 Å². The third-order valence-electron chi connectivity index (χ3n) is 3.19. The van der Waals surface area contributed by atoms with Crippen LogP contribution in [0.1, 0.15) is 46.5 Å². The molecular weight excluding hydrogens is 204 g/mol. The Morgan fingerprint density at radius 1 is 1.50 bits per heavy atom. The SMILES string of the molecule is CC1CC(OCCC(=O)NN)CC(C)(C)C1. The molecule has 0 heterocycles. The summed E-state index contributed by atoms with van der Waals surface area (Å²) in [6.07, 6.45) is 4.09. The van der Waals surface area contributed by atoms with Crippen molar-refractivity contribution < 1.29 is 9.53 Å². The topological polar surface area (TPSA) is 64.3 Å². The van der Waals surface area contributed by atoms with E-state index in [-0.39, 0.29) is 5.91 Å². The van der Waals surface area contributed by atoms with Crippen LogP contribution in [0.2, 0.25) is 0 Å². The lowest BCUT2D eigenvalue weighted by molar-refractivity contribution is -0.123. The summed E-state index contributed by atoms with van der Waals surface area (Å²) in [4.78, 5) is 10.9. The fourth-order valence-electron chi connectivity index (χ4n) is 2.78. The van der Waals surface area contributed by atoms with E-state index >= 15 is 0 Å². The van der Waals surface area contributed by atoms with Gasteiger partial charge in [0.05, 0.1) is 19.1 Å². The summed E-state index contributed by atoms with van der Waals surface area (Å²) in [7, 11) is 0. The molecule has 2 atom stereocenters. The molecule has 0 aliphatic heterocycles. The molecule has 94 valence electrons. The maximum atomic E-state index is 10.9.